The molecule has 0 radical (unpaired) electrons. The normalized spacial score (nSPS) is 17.9. The van der Waals surface area contributed by atoms with Gasteiger partial charge in [-0.15, -0.1) is 0 Å². The van der Waals surface area contributed by atoms with Crippen molar-refractivity contribution in [1.82, 2.24) is 9.62 Å². The van der Waals surface area contributed by atoms with E-state index in [0.29, 0.717) is 24.2 Å². The van der Waals surface area contributed by atoms with Gasteiger partial charge in [-0.2, -0.15) is 0 Å². The summed E-state index contributed by atoms with van der Waals surface area (Å²) in [5, 5.41) is 4.04. The topological polar surface area (TPSA) is 124 Å². The zero-order chi connectivity index (χ0) is 27.9. The Hall–Kier alpha value is -3.74. The summed E-state index contributed by atoms with van der Waals surface area (Å²) < 4.78 is 51.5. The standard InChI is InChI=1S/C27H31FN4O6S/c1-27(2,3)38-26(34)31-13-20(14-31)29-19-10-9-18-11-22(37-16-17-7-5-4-6-8-17)25(24(28)21(18)12-19)32-15-23(33)30-39(32,35)36/h4-12,20,29,35-36H,13-16H2,1-3H3,(H,30,33). The fourth-order valence-corrected chi connectivity index (χ4v) is 5.64. The van der Waals surface area contributed by atoms with Gasteiger partial charge in [-0.25, -0.2) is 18.2 Å². The quantitative estimate of drug-likeness (QED) is 0.329. The molecule has 5 rings (SSSR count). The summed E-state index contributed by atoms with van der Waals surface area (Å²) in [6, 6.07) is 16.0. The fourth-order valence-electron chi connectivity index (χ4n) is 4.43. The molecule has 12 heteroatoms. The van der Waals surface area contributed by atoms with E-state index in [2.05, 4.69) is 10.0 Å². The number of carbonyl (C=O) groups excluding carboxylic acids is 2. The van der Waals surface area contributed by atoms with Gasteiger partial charge in [0.2, 0.25) is 0 Å². The molecule has 0 atom stereocenters. The van der Waals surface area contributed by atoms with Crippen molar-refractivity contribution in [2.45, 2.75) is 39.0 Å². The Balaban J connectivity index is 1.41. The van der Waals surface area contributed by atoms with E-state index in [-0.39, 0.29) is 35.6 Å². The van der Waals surface area contributed by atoms with E-state index in [4.69, 9.17) is 9.47 Å². The van der Waals surface area contributed by atoms with Crippen molar-refractivity contribution < 1.29 is 32.6 Å². The number of hydrogen-bond donors (Lipinski definition) is 4. The van der Waals surface area contributed by atoms with Crippen LogP contribution in [0, 0.1) is 5.82 Å². The Morgan fingerprint density at radius 3 is 2.51 bits per heavy atom. The lowest BCUT2D eigenvalue weighted by molar-refractivity contribution is -0.117. The molecular formula is C27H31FN4O6S. The molecule has 2 saturated heterocycles. The van der Waals surface area contributed by atoms with Gasteiger partial charge in [0.15, 0.2) is 5.82 Å². The molecule has 2 fully saturated rings. The van der Waals surface area contributed by atoms with Gasteiger partial charge >= 0.3 is 6.09 Å². The Kier molecular flexibility index (Phi) is 6.95. The van der Waals surface area contributed by atoms with Crippen LogP contribution in [0.15, 0.2) is 54.6 Å². The van der Waals surface area contributed by atoms with E-state index in [1.165, 1.54) is 0 Å². The minimum absolute atomic E-state index is 0.0432. The third-order valence-electron chi connectivity index (χ3n) is 6.25. The summed E-state index contributed by atoms with van der Waals surface area (Å²) in [4.78, 5) is 25.8. The predicted molar refractivity (Wildman–Crippen MR) is 148 cm³/mol. The minimum atomic E-state index is -3.79. The predicted octanol–water partition coefficient (Wildman–Crippen LogP) is 5.11. The molecular weight excluding hydrogens is 527 g/mol. The number of hydrogen-bond acceptors (Lipinski definition) is 8. The third-order valence-corrected chi connectivity index (χ3v) is 7.68. The number of nitrogens with zero attached hydrogens (tertiary/aromatic N) is 2. The van der Waals surface area contributed by atoms with Crippen LogP contribution in [0.1, 0.15) is 26.3 Å². The van der Waals surface area contributed by atoms with Crippen molar-refractivity contribution in [1.29, 1.82) is 0 Å². The molecule has 2 aliphatic rings. The molecule has 10 nitrogen and oxygen atoms in total. The number of benzene rings is 3. The SMILES string of the molecule is CC(C)(C)OC(=O)N1CC(Nc2ccc3cc(OCc4ccccc4)c(N4CC(=O)NS4(O)O)c(F)c3c2)C1. The second-order valence-corrected chi connectivity index (χ2v) is 12.2. The number of carbonyl (C=O) groups is 2. The number of rotatable bonds is 6. The van der Waals surface area contributed by atoms with E-state index in [9.17, 15) is 18.7 Å². The average molecular weight is 559 g/mol. The lowest BCUT2D eigenvalue weighted by Gasteiger charge is -2.40. The lowest BCUT2D eigenvalue weighted by Crippen LogP contribution is -2.57. The Labute approximate surface area is 227 Å². The highest BCUT2D eigenvalue weighted by Crippen LogP contribution is 2.51. The molecule has 3 aromatic rings. The smallest absolute Gasteiger partial charge is 0.410 e. The Morgan fingerprint density at radius 2 is 1.87 bits per heavy atom. The highest BCUT2D eigenvalue weighted by atomic mass is 32.3. The molecule has 2 heterocycles. The van der Waals surface area contributed by atoms with Crippen molar-refractivity contribution in [3.63, 3.8) is 0 Å². The molecule has 4 N–H and O–H groups in total. The van der Waals surface area contributed by atoms with Gasteiger partial charge in [-0.05, 0) is 60.9 Å². The van der Waals surface area contributed by atoms with E-state index in [1.54, 1.807) is 29.2 Å². The number of anilines is 2. The summed E-state index contributed by atoms with van der Waals surface area (Å²) >= 11 is 0. The van der Waals surface area contributed by atoms with Gasteiger partial charge in [0.05, 0.1) is 6.04 Å². The van der Waals surface area contributed by atoms with E-state index in [1.807, 2.05) is 51.1 Å². The van der Waals surface area contributed by atoms with Gasteiger partial charge in [-0.3, -0.25) is 13.9 Å². The second kappa shape index (κ2) is 10.1. The number of halogens is 1. The van der Waals surface area contributed by atoms with Gasteiger partial charge in [0, 0.05) is 24.2 Å². The number of ether oxygens (including phenoxy) is 2. The third kappa shape index (κ3) is 5.82. The molecule has 0 bridgehead atoms. The zero-order valence-electron chi connectivity index (χ0n) is 21.8. The van der Waals surface area contributed by atoms with Crippen LogP contribution in [-0.2, 0) is 16.1 Å². The summed E-state index contributed by atoms with van der Waals surface area (Å²) in [5.74, 6) is -1.31. The van der Waals surface area contributed by atoms with Crippen LogP contribution in [-0.4, -0.2) is 57.3 Å². The maximum atomic E-state index is 16.1. The molecule has 39 heavy (non-hydrogen) atoms. The molecule has 0 aromatic heterocycles. The highest BCUT2D eigenvalue weighted by Gasteiger charge is 2.39. The van der Waals surface area contributed by atoms with Gasteiger partial charge in [0.25, 0.3) is 5.91 Å². The highest BCUT2D eigenvalue weighted by molar-refractivity contribution is 8.24. The first-order valence-corrected chi connectivity index (χ1v) is 13.9. The molecule has 0 aliphatic carbocycles. The van der Waals surface area contributed by atoms with Crippen molar-refractivity contribution in [2.24, 2.45) is 0 Å². The summed E-state index contributed by atoms with van der Waals surface area (Å²) in [7, 11) is -3.79. The lowest BCUT2D eigenvalue weighted by atomic mass is 10.1. The fraction of sp³-hybridized carbons (Fsp3) is 0.333. The van der Waals surface area contributed by atoms with Crippen LogP contribution >= 0.6 is 11.0 Å². The van der Waals surface area contributed by atoms with Crippen molar-refractivity contribution in [3.05, 3.63) is 66.0 Å². The number of amides is 2. The largest absolute Gasteiger partial charge is 0.487 e. The summed E-state index contributed by atoms with van der Waals surface area (Å²) in [6.45, 7) is 5.98. The van der Waals surface area contributed by atoms with Crippen molar-refractivity contribution in [3.8, 4) is 5.75 Å². The molecule has 3 aromatic carbocycles. The minimum Gasteiger partial charge on any atom is -0.487 e. The number of fused-ring (bicyclic) bond motifs is 1. The molecule has 0 spiro atoms. The van der Waals surface area contributed by atoms with Crippen molar-refractivity contribution in [2.75, 3.05) is 29.3 Å². The van der Waals surface area contributed by atoms with Gasteiger partial charge < -0.3 is 19.7 Å². The maximum Gasteiger partial charge on any atom is 0.410 e. The van der Waals surface area contributed by atoms with E-state index >= 15 is 4.39 Å². The molecule has 2 aliphatic heterocycles. The van der Waals surface area contributed by atoms with Gasteiger partial charge in [-0.1, -0.05) is 36.4 Å². The van der Waals surface area contributed by atoms with Crippen LogP contribution in [0.5, 0.6) is 5.75 Å². The first-order valence-electron chi connectivity index (χ1n) is 12.4. The number of likely N-dealkylation sites (tertiary alicyclic amines) is 1. The Morgan fingerprint density at radius 1 is 1.15 bits per heavy atom. The molecule has 0 saturated carbocycles. The maximum absolute atomic E-state index is 16.1. The first kappa shape index (κ1) is 26.9. The average Bonchev–Trinajstić information content (AvgIpc) is 3.10. The first-order chi connectivity index (χ1) is 18.4. The van der Waals surface area contributed by atoms with Gasteiger partial charge in [0.1, 0.15) is 30.2 Å². The van der Waals surface area contributed by atoms with E-state index < -0.39 is 34.8 Å². The van der Waals surface area contributed by atoms with Crippen LogP contribution in [0.25, 0.3) is 10.8 Å². The van der Waals surface area contributed by atoms with Crippen LogP contribution in [0.2, 0.25) is 0 Å². The Bertz CT molecular complexity index is 1410. The molecule has 2 amide bonds. The summed E-state index contributed by atoms with van der Waals surface area (Å²) in [6.07, 6.45) is -0.384. The van der Waals surface area contributed by atoms with Crippen molar-refractivity contribution >= 4 is 45.1 Å². The zero-order valence-corrected chi connectivity index (χ0v) is 22.6. The second-order valence-electron chi connectivity index (χ2n) is 10.6. The van der Waals surface area contributed by atoms with Crippen LogP contribution in [0.4, 0.5) is 20.6 Å². The van der Waals surface area contributed by atoms with E-state index in [0.717, 1.165) is 9.87 Å². The van der Waals surface area contributed by atoms with Crippen LogP contribution < -0.4 is 19.1 Å². The molecule has 208 valence electrons. The number of nitrogens with one attached hydrogen (secondary N) is 2. The van der Waals surface area contributed by atoms with Crippen LogP contribution in [0.3, 0.4) is 0 Å². The summed E-state index contributed by atoms with van der Waals surface area (Å²) in [5.41, 5.74) is 0.673. The molecule has 0 unspecified atom stereocenters. The monoisotopic (exact) mass is 558 g/mol.